The van der Waals surface area contributed by atoms with Gasteiger partial charge in [0.15, 0.2) is 18.2 Å². The van der Waals surface area contributed by atoms with Crippen molar-refractivity contribution < 1.29 is 41.6 Å². The van der Waals surface area contributed by atoms with Gasteiger partial charge in [-0.05, 0) is 73.0 Å². The monoisotopic (exact) mass is 715 g/mol. The molecule has 0 spiro atoms. The van der Waals surface area contributed by atoms with Gasteiger partial charge in [-0.3, -0.25) is 14.4 Å². The number of rotatable bonds is 16. The van der Waals surface area contributed by atoms with Crippen LogP contribution >= 0.6 is 0 Å². The molecule has 2 amide bonds. The summed E-state index contributed by atoms with van der Waals surface area (Å²) in [4.78, 5) is 57.9. The average Bonchev–Trinajstić information content (AvgIpc) is 3.23. The van der Waals surface area contributed by atoms with Gasteiger partial charge in [0.2, 0.25) is 0 Å². The first-order valence-corrected chi connectivity index (χ1v) is 21.5. The van der Waals surface area contributed by atoms with E-state index in [1.807, 2.05) is 26.0 Å². The van der Waals surface area contributed by atoms with E-state index in [0.717, 1.165) is 5.56 Å². The predicted octanol–water partition coefficient (Wildman–Crippen LogP) is 6.68. The Morgan fingerprint density at radius 3 is 2.04 bits per heavy atom. The highest BCUT2D eigenvalue weighted by Gasteiger charge is 2.44. The van der Waals surface area contributed by atoms with Gasteiger partial charge in [0.1, 0.15) is 0 Å². The molecule has 10 nitrogen and oxygen atoms in total. The molecule has 0 radical (unpaired) electrons. The summed E-state index contributed by atoms with van der Waals surface area (Å²) in [5.41, 5.74) is -0.262. The van der Waals surface area contributed by atoms with E-state index in [1.54, 1.807) is 38.1 Å². The summed E-state index contributed by atoms with van der Waals surface area (Å²) >= 11 is 0. The molecule has 0 N–H and O–H groups in total. The van der Waals surface area contributed by atoms with E-state index in [4.69, 9.17) is 14.0 Å². The van der Waals surface area contributed by atoms with Crippen molar-refractivity contribution in [3.8, 4) is 0 Å². The molecule has 1 aliphatic rings. The van der Waals surface area contributed by atoms with Crippen LogP contribution < -0.4 is 0 Å². The molecule has 270 valence electrons. The topological polar surface area (TPSA) is 133 Å². The third-order valence-corrected chi connectivity index (χ3v) is 16.4. The molecule has 0 aromatic heterocycles. The minimum atomic E-state index is -3.44. The minimum absolute atomic E-state index is 0.0255. The number of methoxy groups -OCH3 is 1. The Morgan fingerprint density at radius 2 is 1.49 bits per heavy atom. The van der Waals surface area contributed by atoms with E-state index in [1.165, 1.54) is 19.2 Å². The van der Waals surface area contributed by atoms with Crippen molar-refractivity contribution in [2.75, 3.05) is 25.2 Å². The molecule has 0 saturated carbocycles. The molecule has 12 heteroatoms. The van der Waals surface area contributed by atoms with Gasteiger partial charge in [0.25, 0.3) is 11.8 Å². The summed E-state index contributed by atoms with van der Waals surface area (Å²) < 4.78 is 37.3. The number of sulfone groups is 1. The van der Waals surface area contributed by atoms with Crippen LogP contribution in [0.15, 0.2) is 48.5 Å². The van der Waals surface area contributed by atoms with E-state index in [-0.39, 0.29) is 46.7 Å². The smallest absolute Gasteiger partial charge is 0.343 e. The van der Waals surface area contributed by atoms with E-state index in [0.29, 0.717) is 29.9 Å². The van der Waals surface area contributed by atoms with Gasteiger partial charge in [0.05, 0.1) is 41.1 Å². The van der Waals surface area contributed by atoms with E-state index in [9.17, 15) is 27.6 Å². The number of ether oxygens (including phenoxy) is 1. The Balaban J connectivity index is 1.80. The molecule has 3 rings (SSSR count). The molecule has 0 aliphatic carbocycles. The Hall–Kier alpha value is -3.35. The van der Waals surface area contributed by atoms with Crippen LogP contribution in [-0.4, -0.2) is 70.8 Å². The summed E-state index contributed by atoms with van der Waals surface area (Å²) in [5, 5.41) is 0.485. The fourth-order valence-electron chi connectivity index (χ4n) is 5.78. The SMILES string of the molecule is COC(=O)[C@H](C)Cc1cccc(C(C)(CCCC(C)(C)CS(=O)(=O)CCO[Si](C)(C)C(C)(C)C)C(=O)ON2C(=O)c3ccccc3C2=O)c1. The number of esters is 1. The number of carbonyl (C=O) groups is 4. The molecule has 0 bridgehead atoms. The number of amides is 2. The van der Waals surface area contributed by atoms with Crippen LogP contribution in [0.25, 0.3) is 0 Å². The minimum Gasteiger partial charge on any atom is -0.469 e. The molecule has 0 saturated heterocycles. The highest BCUT2D eigenvalue weighted by molar-refractivity contribution is 7.91. The number of hydrogen-bond acceptors (Lipinski definition) is 9. The van der Waals surface area contributed by atoms with Crippen molar-refractivity contribution in [1.29, 1.82) is 0 Å². The second-order valence-electron chi connectivity index (χ2n) is 15.7. The third kappa shape index (κ3) is 9.88. The molecule has 0 fully saturated rings. The zero-order valence-corrected chi connectivity index (χ0v) is 32.5. The maximum Gasteiger partial charge on any atom is 0.343 e. The van der Waals surface area contributed by atoms with Gasteiger partial charge in [-0.15, -0.1) is 0 Å². The molecule has 49 heavy (non-hydrogen) atoms. The molecule has 2 aromatic rings. The lowest BCUT2D eigenvalue weighted by atomic mass is 9.75. The van der Waals surface area contributed by atoms with Crippen LogP contribution in [0, 0.1) is 11.3 Å². The lowest BCUT2D eigenvalue weighted by Crippen LogP contribution is -2.42. The van der Waals surface area contributed by atoms with Gasteiger partial charge in [0, 0.05) is 6.61 Å². The number of imide groups is 1. The standard InChI is InChI=1S/C37H53NO9SSi/c1-26(33(41)45-8)23-27-15-13-16-28(24-27)37(7,34(42)47-38-31(39)29-17-11-12-18-30(29)32(38)40)20-14-19-36(5,6)25-48(43,44)22-21-46-49(9,10)35(2,3)4/h11-13,15-18,24,26H,14,19-23,25H2,1-10H3/t26-,37?/m1/s1. The largest absolute Gasteiger partial charge is 0.469 e. The molecule has 1 aliphatic heterocycles. The summed E-state index contributed by atoms with van der Waals surface area (Å²) in [6, 6.07) is 13.5. The number of nitrogens with zero attached hydrogens (tertiary/aromatic N) is 1. The Bertz CT molecular complexity index is 1630. The number of benzene rings is 2. The van der Waals surface area contributed by atoms with Crippen LogP contribution in [0.4, 0.5) is 0 Å². The summed E-state index contributed by atoms with van der Waals surface area (Å²) in [7, 11) is -4.19. The van der Waals surface area contributed by atoms with Crippen LogP contribution in [0.5, 0.6) is 0 Å². The molecular weight excluding hydrogens is 663 g/mol. The molecular formula is C37H53NO9SSi. The first-order valence-electron chi connectivity index (χ1n) is 16.8. The Labute approximate surface area is 292 Å². The lowest BCUT2D eigenvalue weighted by Gasteiger charge is -2.36. The fraction of sp³-hybridized carbons (Fsp3) is 0.568. The van der Waals surface area contributed by atoms with Gasteiger partial charge >= 0.3 is 11.9 Å². The normalized spacial score (nSPS) is 15.8. The number of hydrogen-bond donors (Lipinski definition) is 0. The molecule has 1 heterocycles. The van der Waals surface area contributed by atoms with Crippen molar-refractivity contribution in [3.63, 3.8) is 0 Å². The first kappa shape index (κ1) is 40.1. The second kappa shape index (κ2) is 15.3. The molecule has 1 unspecified atom stereocenters. The zero-order valence-electron chi connectivity index (χ0n) is 30.7. The predicted molar refractivity (Wildman–Crippen MR) is 191 cm³/mol. The quantitative estimate of drug-likeness (QED) is 0.106. The van der Waals surface area contributed by atoms with Gasteiger partial charge < -0.3 is 14.0 Å². The summed E-state index contributed by atoms with van der Waals surface area (Å²) in [6.45, 7) is 17.9. The van der Waals surface area contributed by atoms with Crippen LogP contribution in [0.2, 0.25) is 18.1 Å². The van der Waals surface area contributed by atoms with Gasteiger partial charge in [-0.25, -0.2) is 13.2 Å². The van der Waals surface area contributed by atoms with Gasteiger partial charge in [-0.2, -0.15) is 0 Å². The Morgan fingerprint density at radius 1 is 0.898 bits per heavy atom. The van der Waals surface area contributed by atoms with Crippen LogP contribution in [0.3, 0.4) is 0 Å². The Kier molecular flexibility index (Phi) is 12.5. The van der Waals surface area contributed by atoms with Crippen molar-refractivity contribution in [2.24, 2.45) is 11.3 Å². The zero-order chi connectivity index (χ0) is 37.0. The molecule has 2 atom stereocenters. The second-order valence-corrected chi connectivity index (χ2v) is 22.7. The lowest BCUT2D eigenvalue weighted by molar-refractivity contribution is -0.175. The molecule has 2 aromatic carbocycles. The summed E-state index contributed by atoms with van der Waals surface area (Å²) in [6.07, 6.45) is 1.53. The van der Waals surface area contributed by atoms with Crippen molar-refractivity contribution in [2.45, 2.75) is 97.7 Å². The van der Waals surface area contributed by atoms with Crippen LogP contribution in [-0.2, 0) is 45.3 Å². The third-order valence-electron chi connectivity index (χ3n) is 9.90. The fourth-order valence-corrected chi connectivity index (χ4v) is 8.79. The van der Waals surface area contributed by atoms with Crippen molar-refractivity contribution in [3.05, 3.63) is 70.8 Å². The maximum atomic E-state index is 14.1. The van der Waals surface area contributed by atoms with E-state index in [2.05, 4.69) is 33.9 Å². The van der Waals surface area contributed by atoms with E-state index >= 15 is 0 Å². The highest BCUT2D eigenvalue weighted by Crippen LogP contribution is 2.38. The van der Waals surface area contributed by atoms with Crippen molar-refractivity contribution in [1.82, 2.24) is 5.06 Å². The maximum absolute atomic E-state index is 14.1. The number of hydroxylamine groups is 2. The number of fused-ring (bicyclic) bond motifs is 1. The van der Waals surface area contributed by atoms with Crippen molar-refractivity contribution >= 4 is 41.9 Å². The van der Waals surface area contributed by atoms with Gasteiger partial charge in [-0.1, -0.05) is 89.4 Å². The summed E-state index contributed by atoms with van der Waals surface area (Å²) in [5.74, 6) is -3.13. The first-order chi connectivity index (χ1) is 22.5. The average molecular weight is 716 g/mol. The number of carbonyl (C=O) groups excluding carboxylic acids is 4. The van der Waals surface area contributed by atoms with Crippen LogP contribution in [0.1, 0.15) is 99.6 Å². The van der Waals surface area contributed by atoms with E-state index < -0.39 is 52.7 Å². The highest BCUT2D eigenvalue weighted by atomic mass is 32.2.